The van der Waals surface area contributed by atoms with Crippen molar-refractivity contribution in [1.29, 1.82) is 0 Å². The Bertz CT molecular complexity index is 470. The van der Waals surface area contributed by atoms with Crippen molar-refractivity contribution in [1.82, 2.24) is 20.0 Å². The van der Waals surface area contributed by atoms with Crippen LogP contribution in [0.5, 0.6) is 0 Å². The van der Waals surface area contributed by atoms with Gasteiger partial charge in [-0.3, -0.25) is 9.69 Å². The first-order chi connectivity index (χ1) is 12.6. The Morgan fingerprint density at radius 1 is 0.846 bits per heavy atom. The second-order valence-corrected chi connectivity index (χ2v) is 8.26. The molecule has 6 heteroatoms. The number of carbonyl (C=O) groups is 2. The maximum Gasteiger partial charge on any atom is 0.317 e. The lowest BCUT2D eigenvalue weighted by Gasteiger charge is -2.37. The Labute approximate surface area is 158 Å². The van der Waals surface area contributed by atoms with E-state index in [4.69, 9.17) is 0 Å². The number of urea groups is 1. The number of nitrogens with zero attached hydrogens (tertiary/aromatic N) is 3. The maximum absolute atomic E-state index is 12.6. The fourth-order valence-corrected chi connectivity index (χ4v) is 4.65. The molecule has 3 fully saturated rings. The van der Waals surface area contributed by atoms with Crippen molar-refractivity contribution in [3.8, 4) is 0 Å². The molecule has 0 aromatic rings. The van der Waals surface area contributed by atoms with Crippen LogP contribution in [0, 0.1) is 5.92 Å². The normalized spacial score (nSPS) is 26.0. The summed E-state index contributed by atoms with van der Waals surface area (Å²) in [5, 5.41) is 3.07. The van der Waals surface area contributed by atoms with Gasteiger partial charge in [0.2, 0.25) is 5.91 Å². The molecule has 26 heavy (non-hydrogen) atoms. The molecule has 1 unspecified atom stereocenters. The highest BCUT2D eigenvalue weighted by atomic mass is 16.2. The molecular formula is C20H36N4O2. The van der Waals surface area contributed by atoms with Crippen LogP contribution < -0.4 is 5.32 Å². The van der Waals surface area contributed by atoms with Crippen LogP contribution in [-0.4, -0.2) is 78.5 Å². The van der Waals surface area contributed by atoms with Crippen LogP contribution in [0.2, 0.25) is 0 Å². The first kappa shape index (κ1) is 19.5. The summed E-state index contributed by atoms with van der Waals surface area (Å²) < 4.78 is 0. The number of rotatable bonds is 4. The zero-order valence-electron chi connectivity index (χ0n) is 16.4. The number of amides is 3. The summed E-state index contributed by atoms with van der Waals surface area (Å²) in [6.45, 7) is 7.77. The summed E-state index contributed by atoms with van der Waals surface area (Å²) >= 11 is 0. The van der Waals surface area contributed by atoms with E-state index in [0.29, 0.717) is 44.7 Å². The van der Waals surface area contributed by atoms with Crippen molar-refractivity contribution in [3.05, 3.63) is 0 Å². The van der Waals surface area contributed by atoms with Crippen LogP contribution in [0.25, 0.3) is 0 Å². The summed E-state index contributed by atoms with van der Waals surface area (Å²) in [5.74, 6) is 0.555. The molecule has 1 atom stereocenters. The molecule has 0 bridgehead atoms. The van der Waals surface area contributed by atoms with Crippen LogP contribution in [0.3, 0.4) is 0 Å². The topological polar surface area (TPSA) is 55.9 Å². The Morgan fingerprint density at radius 2 is 1.50 bits per heavy atom. The molecule has 3 aliphatic rings. The van der Waals surface area contributed by atoms with Crippen LogP contribution in [0.1, 0.15) is 58.3 Å². The molecule has 1 aliphatic carbocycles. The molecule has 0 radical (unpaired) electrons. The third-order valence-electron chi connectivity index (χ3n) is 6.45. The molecule has 0 aromatic heterocycles. The number of carbonyl (C=O) groups excluding carboxylic acids is 2. The largest absolute Gasteiger partial charge is 0.339 e. The predicted octanol–water partition coefficient (Wildman–Crippen LogP) is 2.29. The lowest BCUT2D eigenvalue weighted by atomic mass is 9.88. The highest BCUT2D eigenvalue weighted by Gasteiger charge is 2.29. The third kappa shape index (κ3) is 5.12. The van der Waals surface area contributed by atoms with Crippen LogP contribution in [0.4, 0.5) is 4.79 Å². The Morgan fingerprint density at radius 3 is 2.19 bits per heavy atom. The SMILES string of the molecule is CC1CCCCN1CCNC(=O)N1CCN(C(=O)C2CCCCC2)CC1. The lowest BCUT2D eigenvalue weighted by molar-refractivity contribution is -0.138. The molecule has 3 amide bonds. The van der Waals surface area contributed by atoms with Crippen molar-refractivity contribution in [2.75, 3.05) is 45.8 Å². The zero-order chi connectivity index (χ0) is 18.4. The summed E-state index contributed by atoms with van der Waals surface area (Å²) in [5.41, 5.74) is 0. The second kappa shape index (κ2) is 9.58. The highest BCUT2D eigenvalue weighted by molar-refractivity contribution is 5.79. The van der Waals surface area contributed by atoms with E-state index in [9.17, 15) is 9.59 Å². The van der Waals surface area contributed by atoms with Gasteiger partial charge in [-0.15, -0.1) is 0 Å². The minimum absolute atomic E-state index is 0.0272. The molecule has 0 aromatic carbocycles. The molecule has 2 heterocycles. The van der Waals surface area contributed by atoms with Crippen molar-refractivity contribution in [2.24, 2.45) is 5.92 Å². The van der Waals surface area contributed by atoms with Crippen molar-refractivity contribution < 1.29 is 9.59 Å². The summed E-state index contributed by atoms with van der Waals surface area (Å²) in [7, 11) is 0. The number of likely N-dealkylation sites (tertiary alicyclic amines) is 1. The van der Waals surface area contributed by atoms with Gasteiger partial charge in [0.05, 0.1) is 0 Å². The molecular weight excluding hydrogens is 328 g/mol. The lowest BCUT2D eigenvalue weighted by Crippen LogP contribution is -2.55. The molecule has 148 valence electrons. The number of hydrogen-bond donors (Lipinski definition) is 1. The van der Waals surface area contributed by atoms with Gasteiger partial charge in [0.25, 0.3) is 0 Å². The fourth-order valence-electron chi connectivity index (χ4n) is 4.65. The molecule has 2 saturated heterocycles. The van der Waals surface area contributed by atoms with E-state index in [0.717, 1.165) is 25.9 Å². The minimum atomic E-state index is 0.0272. The molecule has 2 aliphatic heterocycles. The number of piperazine rings is 1. The Hall–Kier alpha value is -1.30. The van der Waals surface area contributed by atoms with E-state index in [1.54, 1.807) is 0 Å². The standard InChI is InChI=1S/C20H36N4O2/c1-17-7-5-6-11-22(17)12-10-21-20(26)24-15-13-23(14-16-24)19(25)18-8-3-2-4-9-18/h17-18H,2-16H2,1H3,(H,21,26). The predicted molar refractivity (Wildman–Crippen MR) is 103 cm³/mol. The van der Waals surface area contributed by atoms with Gasteiger partial charge in [-0.1, -0.05) is 25.7 Å². The molecule has 6 nitrogen and oxygen atoms in total. The van der Waals surface area contributed by atoms with Crippen molar-refractivity contribution >= 4 is 11.9 Å². The smallest absolute Gasteiger partial charge is 0.317 e. The molecule has 1 saturated carbocycles. The molecule has 0 spiro atoms. The van der Waals surface area contributed by atoms with Crippen molar-refractivity contribution in [2.45, 2.75) is 64.3 Å². The Balaban J connectivity index is 1.34. The van der Waals surface area contributed by atoms with E-state index in [1.807, 2.05) is 9.80 Å². The van der Waals surface area contributed by atoms with E-state index in [1.165, 1.54) is 38.5 Å². The van der Waals surface area contributed by atoms with Gasteiger partial charge < -0.3 is 15.1 Å². The molecule has 3 rings (SSSR count). The third-order valence-corrected chi connectivity index (χ3v) is 6.45. The average Bonchev–Trinajstić information content (AvgIpc) is 2.69. The average molecular weight is 365 g/mol. The van der Waals surface area contributed by atoms with E-state index >= 15 is 0 Å². The summed E-state index contributed by atoms with van der Waals surface area (Å²) in [6, 6.07) is 0.662. The second-order valence-electron chi connectivity index (χ2n) is 8.26. The van der Waals surface area contributed by atoms with E-state index < -0.39 is 0 Å². The van der Waals surface area contributed by atoms with E-state index in [2.05, 4.69) is 17.1 Å². The van der Waals surface area contributed by atoms with Crippen LogP contribution in [0.15, 0.2) is 0 Å². The highest BCUT2D eigenvalue weighted by Crippen LogP contribution is 2.25. The maximum atomic E-state index is 12.6. The quantitative estimate of drug-likeness (QED) is 0.833. The van der Waals surface area contributed by atoms with Crippen molar-refractivity contribution in [3.63, 3.8) is 0 Å². The first-order valence-corrected chi connectivity index (χ1v) is 10.7. The van der Waals surface area contributed by atoms with Gasteiger partial charge in [-0.05, 0) is 39.2 Å². The number of piperidine rings is 1. The molecule has 1 N–H and O–H groups in total. The Kier molecular flexibility index (Phi) is 7.17. The van der Waals surface area contributed by atoms with Gasteiger partial charge in [-0.2, -0.15) is 0 Å². The van der Waals surface area contributed by atoms with Gasteiger partial charge in [0.1, 0.15) is 0 Å². The summed E-state index contributed by atoms with van der Waals surface area (Å²) in [4.78, 5) is 31.3. The fraction of sp³-hybridized carbons (Fsp3) is 0.900. The minimum Gasteiger partial charge on any atom is -0.339 e. The first-order valence-electron chi connectivity index (χ1n) is 10.7. The zero-order valence-corrected chi connectivity index (χ0v) is 16.4. The monoisotopic (exact) mass is 364 g/mol. The number of nitrogens with one attached hydrogen (secondary N) is 1. The van der Waals surface area contributed by atoms with Crippen LogP contribution >= 0.6 is 0 Å². The van der Waals surface area contributed by atoms with Gasteiger partial charge >= 0.3 is 6.03 Å². The number of hydrogen-bond acceptors (Lipinski definition) is 3. The van der Waals surface area contributed by atoms with Gasteiger partial charge in [0.15, 0.2) is 0 Å². The van der Waals surface area contributed by atoms with E-state index in [-0.39, 0.29) is 11.9 Å². The summed E-state index contributed by atoms with van der Waals surface area (Å²) in [6.07, 6.45) is 9.62. The van der Waals surface area contributed by atoms with Gasteiger partial charge in [-0.25, -0.2) is 4.79 Å². The van der Waals surface area contributed by atoms with Crippen LogP contribution in [-0.2, 0) is 4.79 Å². The van der Waals surface area contributed by atoms with Gasteiger partial charge in [0, 0.05) is 51.2 Å².